The zero-order chi connectivity index (χ0) is 12.9. The van der Waals surface area contributed by atoms with Crippen molar-refractivity contribution in [2.45, 2.75) is 33.2 Å². The van der Waals surface area contributed by atoms with E-state index in [4.69, 9.17) is 0 Å². The molecule has 0 aliphatic rings. The van der Waals surface area contributed by atoms with Gasteiger partial charge >= 0.3 is 0 Å². The minimum Gasteiger partial charge on any atom is -0.347 e. The van der Waals surface area contributed by atoms with Crippen molar-refractivity contribution < 1.29 is 8.42 Å². The van der Waals surface area contributed by atoms with Gasteiger partial charge in [0.25, 0.3) is 10.2 Å². The Morgan fingerprint density at radius 2 is 2.06 bits per heavy atom. The van der Waals surface area contributed by atoms with E-state index in [1.807, 2.05) is 20.8 Å². The van der Waals surface area contributed by atoms with Gasteiger partial charge < -0.3 is 4.98 Å². The predicted molar refractivity (Wildman–Crippen MR) is 66.6 cm³/mol. The van der Waals surface area contributed by atoms with E-state index in [-0.39, 0.29) is 6.04 Å². The number of H-pyrrole nitrogens is 1. The van der Waals surface area contributed by atoms with Crippen molar-refractivity contribution in [3.05, 3.63) is 18.2 Å². The Labute approximate surface area is 103 Å². The van der Waals surface area contributed by atoms with Gasteiger partial charge in [0, 0.05) is 25.5 Å². The first kappa shape index (κ1) is 14.1. The summed E-state index contributed by atoms with van der Waals surface area (Å²) in [6.45, 7) is 6.46. The largest absolute Gasteiger partial charge is 0.347 e. The summed E-state index contributed by atoms with van der Waals surface area (Å²) in [4.78, 5) is 7.01. The van der Waals surface area contributed by atoms with E-state index in [0.29, 0.717) is 25.3 Å². The molecule has 7 heteroatoms. The number of aromatic amines is 1. The summed E-state index contributed by atoms with van der Waals surface area (Å²) in [5.41, 5.74) is 0. The highest BCUT2D eigenvalue weighted by atomic mass is 32.2. The fourth-order valence-electron chi connectivity index (χ4n) is 1.62. The zero-order valence-electron chi connectivity index (χ0n) is 10.5. The molecule has 0 bridgehead atoms. The molecule has 0 radical (unpaired) electrons. The van der Waals surface area contributed by atoms with Crippen LogP contribution in [0.2, 0.25) is 0 Å². The van der Waals surface area contributed by atoms with Gasteiger partial charge in [-0.15, -0.1) is 0 Å². The van der Waals surface area contributed by atoms with Crippen LogP contribution in [0.5, 0.6) is 0 Å². The van der Waals surface area contributed by atoms with E-state index in [9.17, 15) is 8.42 Å². The Morgan fingerprint density at radius 1 is 1.41 bits per heavy atom. The molecule has 0 saturated heterocycles. The fraction of sp³-hybridized carbons (Fsp3) is 0.700. The second-order valence-corrected chi connectivity index (χ2v) is 5.34. The summed E-state index contributed by atoms with van der Waals surface area (Å²) >= 11 is 0. The standard InChI is InChI=1S/C10H20N4O2S/c1-4-9(10-11-7-8-12-10)13-17(15,16)14(5-2)6-3/h7-9,13H,4-6H2,1-3H3,(H,11,12). The zero-order valence-corrected chi connectivity index (χ0v) is 11.3. The van der Waals surface area contributed by atoms with Crippen LogP contribution in [-0.4, -0.2) is 35.8 Å². The van der Waals surface area contributed by atoms with Crippen LogP contribution in [0.3, 0.4) is 0 Å². The lowest BCUT2D eigenvalue weighted by molar-refractivity contribution is 0.422. The third kappa shape index (κ3) is 3.52. The van der Waals surface area contributed by atoms with Gasteiger partial charge in [-0.1, -0.05) is 20.8 Å². The van der Waals surface area contributed by atoms with Crippen LogP contribution in [0.4, 0.5) is 0 Å². The van der Waals surface area contributed by atoms with Crippen molar-refractivity contribution >= 4 is 10.2 Å². The van der Waals surface area contributed by atoms with Crippen LogP contribution in [0.1, 0.15) is 39.1 Å². The first-order valence-corrected chi connectivity index (χ1v) is 7.25. The third-order valence-corrected chi connectivity index (χ3v) is 4.37. The lowest BCUT2D eigenvalue weighted by Crippen LogP contribution is -2.42. The summed E-state index contributed by atoms with van der Waals surface area (Å²) in [7, 11) is -3.44. The van der Waals surface area contributed by atoms with E-state index in [1.54, 1.807) is 12.4 Å². The molecule has 1 aromatic rings. The second kappa shape index (κ2) is 6.13. The van der Waals surface area contributed by atoms with Gasteiger partial charge in [0.15, 0.2) is 0 Å². The Hall–Kier alpha value is -0.920. The van der Waals surface area contributed by atoms with Crippen LogP contribution in [-0.2, 0) is 10.2 Å². The Bertz CT molecular complexity index is 412. The third-order valence-electron chi connectivity index (χ3n) is 2.59. The van der Waals surface area contributed by atoms with Crippen LogP contribution in [0.25, 0.3) is 0 Å². The van der Waals surface area contributed by atoms with Gasteiger partial charge in [-0.2, -0.15) is 17.4 Å². The first-order valence-electron chi connectivity index (χ1n) is 5.81. The van der Waals surface area contributed by atoms with E-state index in [0.717, 1.165) is 0 Å². The molecular formula is C10H20N4O2S. The Kier molecular flexibility index (Phi) is 5.10. The molecule has 98 valence electrons. The predicted octanol–water partition coefficient (Wildman–Crippen LogP) is 1.04. The monoisotopic (exact) mass is 260 g/mol. The van der Waals surface area contributed by atoms with E-state index < -0.39 is 10.2 Å². The molecule has 0 spiro atoms. The number of aromatic nitrogens is 2. The molecule has 0 aromatic carbocycles. The quantitative estimate of drug-likeness (QED) is 0.769. The van der Waals surface area contributed by atoms with Gasteiger partial charge in [-0.3, -0.25) is 0 Å². The molecule has 1 aromatic heterocycles. The number of nitrogens with one attached hydrogen (secondary N) is 2. The van der Waals surface area contributed by atoms with Gasteiger partial charge in [0.05, 0.1) is 6.04 Å². The number of hydrogen-bond acceptors (Lipinski definition) is 3. The SMILES string of the molecule is CCC(NS(=O)(=O)N(CC)CC)c1ncc[nH]1. The number of nitrogens with zero attached hydrogens (tertiary/aromatic N) is 2. The van der Waals surface area contributed by atoms with E-state index in [2.05, 4.69) is 14.7 Å². The average molecular weight is 260 g/mol. The molecule has 0 aliphatic heterocycles. The first-order chi connectivity index (χ1) is 8.05. The molecule has 2 N–H and O–H groups in total. The summed E-state index contributed by atoms with van der Waals surface area (Å²) in [6.07, 6.45) is 3.95. The van der Waals surface area contributed by atoms with Crippen molar-refractivity contribution in [1.29, 1.82) is 0 Å². The van der Waals surface area contributed by atoms with Gasteiger partial charge in [-0.25, -0.2) is 4.98 Å². The molecule has 1 atom stereocenters. The Balaban J connectivity index is 2.81. The minimum absolute atomic E-state index is 0.310. The number of imidazole rings is 1. The van der Waals surface area contributed by atoms with E-state index in [1.165, 1.54) is 4.31 Å². The van der Waals surface area contributed by atoms with Gasteiger partial charge in [-0.05, 0) is 6.42 Å². The number of rotatable bonds is 7. The van der Waals surface area contributed by atoms with Crippen molar-refractivity contribution in [3.8, 4) is 0 Å². The lowest BCUT2D eigenvalue weighted by atomic mass is 10.2. The maximum absolute atomic E-state index is 12.0. The fourth-order valence-corrected chi connectivity index (χ4v) is 3.09. The summed E-state index contributed by atoms with van der Waals surface area (Å²) in [6, 6.07) is -0.310. The van der Waals surface area contributed by atoms with E-state index >= 15 is 0 Å². The van der Waals surface area contributed by atoms with Crippen LogP contribution < -0.4 is 4.72 Å². The topological polar surface area (TPSA) is 78.1 Å². The van der Waals surface area contributed by atoms with Gasteiger partial charge in [0.2, 0.25) is 0 Å². The molecule has 1 heterocycles. The number of hydrogen-bond donors (Lipinski definition) is 2. The van der Waals surface area contributed by atoms with Crippen molar-refractivity contribution in [1.82, 2.24) is 19.0 Å². The van der Waals surface area contributed by atoms with Gasteiger partial charge in [0.1, 0.15) is 5.82 Å². The normalized spacial score (nSPS) is 14.1. The van der Waals surface area contributed by atoms with Crippen LogP contribution >= 0.6 is 0 Å². The molecule has 0 aliphatic carbocycles. The summed E-state index contributed by atoms with van der Waals surface area (Å²) in [5, 5.41) is 0. The molecule has 0 saturated carbocycles. The highest BCUT2D eigenvalue weighted by Crippen LogP contribution is 2.14. The maximum Gasteiger partial charge on any atom is 0.280 e. The highest BCUT2D eigenvalue weighted by molar-refractivity contribution is 7.87. The lowest BCUT2D eigenvalue weighted by Gasteiger charge is -2.22. The van der Waals surface area contributed by atoms with Crippen molar-refractivity contribution in [2.75, 3.05) is 13.1 Å². The van der Waals surface area contributed by atoms with Crippen LogP contribution in [0, 0.1) is 0 Å². The molecule has 1 unspecified atom stereocenters. The molecule has 17 heavy (non-hydrogen) atoms. The smallest absolute Gasteiger partial charge is 0.280 e. The highest BCUT2D eigenvalue weighted by Gasteiger charge is 2.24. The maximum atomic E-state index is 12.0. The van der Waals surface area contributed by atoms with Crippen molar-refractivity contribution in [2.24, 2.45) is 0 Å². The molecule has 1 rings (SSSR count). The molecule has 0 amide bonds. The molecule has 0 fully saturated rings. The molecular weight excluding hydrogens is 240 g/mol. The second-order valence-electron chi connectivity index (χ2n) is 3.64. The summed E-state index contributed by atoms with van der Waals surface area (Å²) in [5.74, 6) is 0.642. The Morgan fingerprint density at radius 3 is 2.47 bits per heavy atom. The van der Waals surface area contributed by atoms with Crippen LogP contribution in [0.15, 0.2) is 12.4 Å². The minimum atomic E-state index is -3.44. The molecule has 6 nitrogen and oxygen atoms in total. The summed E-state index contributed by atoms with van der Waals surface area (Å²) < 4.78 is 28.1. The average Bonchev–Trinajstić information content (AvgIpc) is 2.80. The van der Waals surface area contributed by atoms with Crippen molar-refractivity contribution in [3.63, 3.8) is 0 Å².